The Balaban J connectivity index is 2.79. The standard InChI is InChI=1S/C64H101NO10/c1-4-7-10-13-16-19-22-25-26-27-28-29-30-31-32-34-37-40-43-46-49-52-59(69)75-62-61(71)60(70)58(53-66)74-64(62)73-54-55(56(67)50-47-44-41-38-36-33-23-20-17-14-11-8-5-2)65-63(72)57(68)51-48-45-42-39-35-24-21-18-15-12-9-6-3/h7,9-10,12,15-16,18-19,21,24-26,28-29,31-32,35,37,39-40,42,45,47,50,55-58,60-62,64,66-68,70-71H,4-6,8,11,13-14,17,20,22-23,27,30,33-34,36,38,41,43-44,46,48-49,51-54H2,1-3H3,(H,65,72)/b10-7-,12-9+,18-15+,19-16-,24-21-,26-25-,29-28-,32-31-,39-35-,40-37-,45-42+,50-47+. The van der Waals surface area contributed by atoms with Gasteiger partial charge in [-0.15, -0.1) is 0 Å². The number of esters is 1. The van der Waals surface area contributed by atoms with Crippen LogP contribution >= 0.6 is 0 Å². The molecule has 1 aliphatic heterocycles. The van der Waals surface area contributed by atoms with Gasteiger partial charge in [-0.2, -0.15) is 0 Å². The highest BCUT2D eigenvalue weighted by Crippen LogP contribution is 2.26. The number of rotatable bonds is 45. The fourth-order valence-corrected chi connectivity index (χ4v) is 7.86. The summed E-state index contributed by atoms with van der Waals surface area (Å²) in [6.07, 6.45) is 61.9. The van der Waals surface area contributed by atoms with Crippen molar-refractivity contribution in [1.29, 1.82) is 0 Å². The second-order valence-corrected chi connectivity index (χ2v) is 19.0. The van der Waals surface area contributed by atoms with Gasteiger partial charge in [-0.3, -0.25) is 9.59 Å². The Kier molecular flexibility index (Phi) is 46.0. The summed E-state index contributed by atoms with van der Waals surface area (Å²) in [6, 6.07) is -1.08. The topological polar surface area (TPSA) is 175 Å². The van der Waals surface area contributed by atoms with Gasteiger partial charge < -0.3 is 45.1 Å². The third kappa shape index (κ3) is 38.7. The lowest BCUT2D eigenvalue weighted by atomic mass is 9.99. The zero-order valence-electron chi connectivity index (χ0n) is 46.3. The summed E-state index contributed by atoms with van der Waals surface area (Å²) in [4.78, 5) is 26.4. The van der Waals surface area contributed by atoms with Crippen LogP contribution in [0.3, 0.4) is 0 Å². The number of carbonyl (C=O) groups is 2. The lowest BCUT2D eigenvalue weighted by molar-refractivity contribution is -0.305. The van der Waals surface area contributed by atoms with Gasteiger partial charge in [-0.25, -0.2) is 0 Å². The van der Waals surface area contributed by atoms with Crippen molar-refractivity contribution in [3.8, 4) is 0 Å². The molecule has 11 nitrogen and oxygen atoms in total. The Morgan fingerprint density at radius 3 is 1.57 bits per heavy atom. The minimum absolute atomic E-state index is 0.0502. The molecule has 1 aliphatic rings. The van der Waals surface area contributed by atoms with Crippen LogP contribution in [0.1, 0.15) is 181 Å². The highest BCUT2D eigenvalue weighted by molar-refractivity contribution is 5.80. The first-order valence-corrected chi connectivity index (χ1v) is 28.7. The number of unbranched alkanes of at least 4 members (excludes halogenated alkanes) is 13. The summed E-state index contributed by atoms with van der Waals surface area (Å²) in [5, 5.41) is 56.7. The summed E-state index contributed by atoms with van der Waals surface area (Å²) in [5.41, 5.74) is 0. The second kappa shape index (κ2) is 50.4. The van der Waals surface area contributed by atoms with E-state index in [0.29, 0.717) is 12.8 Å². The molecule has 8 atom stereocenters. The molecule has 11 heteroatoms. The summed E-state index contributed by atoms with van der Waals surface area (Å²) in [7, 11) is 0. The molecule has 1 amide bonds. The molecule has 422 valence electrons. The van der Waals surface area contributed by atoms with Crippen molar-refractivity contribution in [2.45, 2.75) is 230 Å². The first kappa shape index (κ1) is 68.6. The molecule has 1 rings (SSSR count). The maximum absolute atomic E-state index is 13.3. The van der Waals surface area contributed by atoms with Crippen LogP contribution in [0.2, 0.25) is 0 Å². The van der Waals surface area contributed by atoms with Gasteiger partial charge in [0.2, 0.25) is 5.91 Å². The van der Waals surface area contributed by atoms with Crippen molar-refractivity contribution in [3.63, 3.8) is 0 Å². The van der Waals surface area contributed by atoms with Gasteiger partial charge in [0.05, 0.1) is 25.4 Å². The molecule has 0 radical (unpaired) electrons. The highest BCUT2D eigenvalue weighted by atomic mass is 16.7. The molecule has 0 spiro atoms. The number of hydrogen-bond acceptors (Lipinski definition) is 10. The largest absolute Gasteiger partial charge is 0.454 e. The molecule has 0 aromatic heterocycles. The average Bonchev–Trinajstić information content (AvgIpc) is 3.41. The number of amides is 1. The molecule has 1 heterocycles. The number of hydrogen-bond donors (Lipinski definition) is 6. The Morgan fingerprint density at radius 1 is 0.547 bits per heavy atom. The SMILES string of the molecule is CC/C=C\C/C=C\C/C=C\C/C=C\C/C=C\C/C=C\CCCCC(=O)OC1C(OCC(NC(=O)C(O)CC/C=C/C=C\C=C/C=C/C=C/CC)C(O)/C=C/CCCCCCCCCCCCC)OC(CO)C(O)C1O. The van der Waals surface area contributed by atoms with Crippen LogP contribution in [0.15, 0.2) is 146 Å². The zero-order valence-corrected chi connectivity index (χ0v) is 46.3. The van der Waals surface area contributed by atoms with Gasteiger partial charge in [0.1, 0.15) is 24.4 Å². The molecule has 0 aromatic rings. The zero-order chi connectivity index (χ0) is 54.7. The minimum atomic E-state index is -1.65. The normalized spacial score (nSPS) is 20.3. The second-order valence-electron chi connectivity index (χ2n) is 19.0. The van der Waals surface area contributed by atoms with Crippen LogP contribution in [0, 0.1) is 0 Å². The van der Waals surface area contributed by atoms with Crippen LogP contribution in [-0.2, 0) is 23.8 Å². The molecule has 0 bridgehead atoms. The Bertz CT molecular complexity index is 1770. The van der Waals surface area contributed by atoms with Gasteiger partial charge in [-0.05, 0) is 89.9 Å². The van der Waals surface area contributed by atoms with E-state index < -0.39 is 67.4 Å². The average molecular weight is 1040 g/mol. The van der Waals surface area contributed by atoms with Crippen LogP contribution in [0.5, 0.6) is 0 Å². The summed E-state index contributed by atoms with van der Waals surface area (Å²) < 4.78 is 17.5. The van der Waals surface area contributed by atoms with Crippen molar-refractivity contribution in [1.82, 2.24) is 5.32 Å². The predicted molar refractivity (Wildman–Crippen MR) is 310 cm³/mol. The van der Waals surface area contributed by atoms with Crippen LogP contribution in [0.25, 0.3) is 0 Å². The van der Waals surface area contributed by atoms with E-state index in [1.165, 1.54) is 51.4 Å². The van der Waals surface area contributed by atoms with E-state index in [2.05, 4.69) is 105 Å². The smallest absolute Gasteiger partial charge is 0.306 e. The summed E-state index contributed by atoms with van der Waals surface area (Å²) in [5.74, 6) is -1.34. The van der Waals surface area contributed by atoms with Crippen molar-refractivity contribution < 1.29 is 49.3 Å². The summed E-state index contributed by atoms with van der Waals surface area (Å²) in [6.45, 7) is 5.42. The maximum Gasteiger partial charge on any atom is 0.306 e. The van der Waals surface area contributed by atoms with Crippen molar-refractivity contribution in [2.75, 3.05) is 13.2 Å². The first-order chi connectivity index (χ1) is 36.7. The molecule has 0 aliphatic carbocycles. The van der Waals surface area contributed by atoms with Crippen molar-refractivity contribution in [2.24, 2.45) is 0 Å². The number of aliphatic hydroxyl groups excluding tert-OH is 5. The van der Waals surface area contributed by atoms with Gasteiger partial charge in [-0.1, -0.05) is 231 Å². The predicted octanol–water partition coefficient (Wildman–Crippen LogP) is 13.0. The van der Waals surface area contributed by atoms with E-state index in [9.17, 15) is 35.1 Å². The van der Waals surface area contributed by atoms with Gasteiger partial charge in [0.15, 0.2) is 12.4 Å². The Morgan fingerprint density at radius 2 is 1.03 bits per heavy atom. The molecular formula is C64H101NO10. The lowest BCUT2D eigenvalue weighted by Crippen LogP contribution is -2.61. The fraction of sp³-hybridized carbons (Fsp3) is 0.594. The third-order valence-electron chi connectivity index (χ3n) is 12.4. The van der Waals surface area contributed by atoms with E-state index in [-0.39, 0.29) is 19.4 Å². The minimum Gasteiger partial charge on any atom is -0.454 e. The van der Waals surface area contributed by atoms with E-state index in [1.807, 2.05) is 60.8 Å². The maximum atomic E-state index is 13.3. The van der Waals surface area contributed by atoms with E-state index in [0.717, 1.165) is 83.5 Å². The van der Waals surface area contributed by atoms with Gasteiger partial charge in [0, 0.05) is 6.42 Å². The van der Waals surface area contributed by atoms with Crippen LogP contribution in [0.4, 0.5) is 0 Å². The number of aliphatic hydroxyl groups is 5. The molecular weight excluding hydrogens is 943 g/mol. The quantitative estimate of drug-likeness (QED) is 0.0149. The molecule has 6 N–H and O–H groups in total. The Labute approximate surface area is 454 Å². The Hall–Kier alpha value is -4.46. The fourth-order valence-electron chi connectivity index (χ4n) is 7.86. The molecule has 8 unspecified atom stereocenters. The number of nitrogens with one attached hydrogen (secondary N) is 1. The van der Waals surface area contributed by atoms with Gasteiger partial charge >= 0.3 is 5.97 Å². The molecule has 1 fully saturated rings. The van der Waals surface area contributed by atoms with E-state index in [1.54, 1.807) is 6.08 Å². The number of ether oxygens (including phenoxy) is 3. The highest BCUT2D eigenvalue weighted by Gasteiger charge is 2.47. The lowest BCUT2D eigenvalue weighted by Gasteiger charge is -2.41. The van der Waals surface area contributed by atoms with Crippen molar-refractivity contribution >= 4 is 11.9 Å². The monoisotopic (exact) mass is 1040 g/mol. The van der Waals surface area contributed by atoms with Crippen molar-refractivity contribution in [3.05, 3.63) is 146 Å². The van der Waals surface area contributed by atoms with Crippen LogP contribution in [-0.4, -0.2) is 99.6 Å². The number of allylic oxidation sites excluding steroid dienone is 23. The number of carbonyl (C=O) groups excluding carboxylic acids is 2. The molecule has 75 heavy (non-hydrogen) atoms. The van der Waals surface area contributed by atoms with E-state index >= 15 is 0 Å². The first-order valence-electron chi connectivity index (χ1n) is 28.7. The van der Waals surface area contributed by atoms with E-state index in [4.69, 9.17) is 14.2 Å². The summed E-state index contributed by atoms with van der Waals surface area (Å²) >= 11 is 0. The molecule has 0 saturated carbocycles. The third-order valence-corrected chi connectivity index (χ3v) is 12.4. The van der Waals surface area contributed by atoms with Crippen LogP contribution < -0.4 is 5.32 Å². The molecule has 1 saturated heterocycles. The molecule has 0 aromatic carbocycles. The van der Waals surface area contributed by atoms with Gasteiger partial charge in [0.25, 0.3) is 0 Å².